The number of hydrogen-bond donors (Lipinski definition) is 2. The van der Waals surface area contributed by atoms with Crippen LogP contribution in [0.15, 0.2) is 18.2 Å². The first-order chi connectivity index (χ1) is 10.1. The summed E-state index contributed by atoms with van der Waals surface area (Å²) in [6, 6.07) is 6.79. The van der Waals surface area contributed by atoms with E-state index >= 15 is 0 Å². The van der Waals surface area contributed by atoms with Gasteiger partial charge in [0.2, 0.25) is 5.91 Å². The minimum atomic E-state index is 0.117. The standard InChI is InChI=1S/C18H24N2O/c1-4-12(3)19-18(21)13-6-8-17-15(10-13)14-9-11(2)5-7-16(14)20-17/h5,7,9,12-13,20H,4,6,8,10H2,1-3H3,(H,19,21). The van der Waals surface area contributed by atoms with E-state index in [1.807, 2.05) is 0 Å². The smallest absolute Gasteiger partial charge is 0.223 e. The minimum absolute atomic E-state index is 0.117. The number of fused-ring (bicyclic) bond motifs is 3. The number of carbonyl (C=O) groups is 1. The number of aromatic nitrogens is 1. The molecule has 3 rings (SSSR count). The van der Waals surface area contributed by atoms with E-state index in [0.29, 0.717) is 0 Å². The molecule has 21 heavy (non-hydrogen) atoms. The Hall–Kier alpha value is -1.77. The maximum atomic E-state index is 12.4. The Kier molecular flexibility index (Phi) is 3.75. The highest BCUT2D eigenvalue weighted by molar-refractivity contribution is 5.87. The molecule has 3 heteroatoms. The van der Waals surface area contributed by atoms with Crippen molar-refractivity contribution in [3.8, 4) is 0 Å². The van der Waals surface area contributed by atoms with Gasteiger partial charge in [-0.05, 0) is 57.2 Å². The van der Waals surface area contributed by atoms with Gasteiger partial charge in [-0.25, -0.2) is 0 Å². The third-order valence-electron chi connectivity index (χ3n) is 4.72. The molecule has 0 radical (unpaired) electrons. The van der Waals surface area contributed by atoms with Crippen molar-refractivity contribution in [2.24, 2.45) is 5.92 Å². The van der Waals surface area contributed by atoms with Crippen LogP contribution in [0.25, 0.3) is 10.9 Å². The van der Waals surface area contributed by atoms with E-state index in [4.69, 9.17) is 0 Å². The highest BCUT2D eigenvalue weighted by Crippen LogP contribution is 2.32. The van der Waals surface area contributed by atoms with Crippen molar-refractivity contribution in [3.63, 3.8) is 0 Å². The van der Waals surface area contributed by atoms with Crippen LogP contribution >= 0.6 is 0 Å². The van der Waals surface area contributed by atoms with E-state index < -0.39 is 0 Å². The van der Waals surface area contributed by atoms with Crippen molar-refractivity contribution in [1.82, 2.24) is 10.3 Å². The van der Waals surface area contributed by atoms with Gasteiger partial charge in [0.15, 0.2) is 0 Å². The molecule has 0 spiro atoms. The van der Waals surface area contributed by atoms with Gasteiger partial charge in [0.05, 0.1) is 0 Å². The van der Waals surface area contributed by atoms with Crippen LogP contribution in [0, 0.1) is 12.8 Å². The van der Waals surface area contributed by atoms with Crippen molar-refractivity contribution in [1.29, 1.82) is 0 Å². The van der Waals surface area contributed by atoms with E-state index in [1.165, 1.54) is 27.7 Å². The summed E-state index contributed by atoms with van der Waals surface area (Å²) in [5.41, 5.74) is 5.15. The van der Waals surface area contributed by atoms with Crippen LogP contribution in [-0.2, 0) is 17.6 Å². The van der Waals surface area contributed by atoms with Crippen molar-refractivity contribution < 1.29 is 4.79 Å². The van der Waals surface area contributed by atoms with Crippen molar-refractivity contribution in [2.45, 2.75) is 52.5 Å². The third-order valence-corrected chi connectivity index (χ3v) is 4.72. The maximum Gasteiger partial charge on any atom is 0.223 e. The summed E-state index contributed by atoms with van der Waals surface area (Å²) in [7, 11) is 0. The zero-order valence-corrected chi connectivity index (χ0v) is 13.1. The molecule has 112 valence electrons. The molecule has 3 nitrogen and oxygen atoms in total. The number of carbonyl (C=O) groups excluding carboxylic acids is 1. The molecule has 1 aromatic heterocycles. The Bertz CT molecular complexity index is 671. The van der Waals surface area contributed by atoms with Gasteiger partial charge >= 0.3 is 0 Å². The molecule has 0 saturated carbocycles. The van der Waals surface area contributed by atoms with Gasteiger partial charge in [0.1, 0.15) is 0 Å². The number of benzene rings is 1. The maximum absolute atomic E-state index is 12.4. The monoisotopic (exact) mass is 284 g/mol. The second-order valence-electron chi connectivity index (χ2n) is 6.39. The molecule has 1 aliphatic carbocycles. The van der Waals surface area contributed by atoms with Crippen LogP contribution in [0.2, 0.25) is 0 Å². The quantitative estimate of drug-likeness (QED) is 0.890. The number of aromatic amines is 1. The fraction of sp³-hybridized carbons (Fsp3) is 0.500. The predicted octanol–water partition coefficient (Wildman–Crippen LogP) is 3.50. The summed E-state index contributed by atoms with van der Waals surface area (Å²) in [4.78, 5) is 15.9. The first kappa shape index (κ1) is 14.2. The average Bonchev–Trinajstić information content (AvgIpc) is 2.84. The number of hydrogen-bond acceptors (Lipinski definition) is 1. The number of aryl methyl sites for hydroxylation is 2. The van der Waals surface area contributed by atoms with Gasteiger partial charge < -0.3 is 10.3 Å². The lowest BCUT2D eigenvalue weighted by Crippen LogP contribution is -2.38. The molecular weight excluding hydrogens is 260 g/mol. The normalized spacial score (nSPS) is 19.3. The SMILES string of the molecule is CCC(C)NC(=O)C1CCc2[nH]c3ccc(C)cc3c2C1. The fourth-order valence-corrected chi connectivity index (χ4v) is 3.22. The van der Waals surface area contributed by atoms with Crippen LogP contribution in [-0.4, -0.2) is 16.9 Å². The molecule has 2 unspecified atom stereocenters. The van der Waals surface area contributed by atoms with Crippen molar-refractivity contribution in [3.05, 3.63) is 35.0 Å². The van der Waals surface area contributed by atoms with Gasteiger partial charge in [0.25, 0.3) is 0 Å². The summed E-state index contributed by atoms with van der Waals surface area (Å²) < 4.78 is 0. The highest BCUT2D eigenvalue weighted by atomic mass is 16.1. The Morgan fingerprint density at radius 1 is 1.48 bits per heavy atom. The summed E-state index contributed by atoms with van der Waals surface area (Å²) in [5, 5.41) is 4.43. The number of H-pyrrole nitrogens is 1. The van der Waals surface area contributed by atoms with Gasteiger partial charge in [-0.15, -0.1) is 0 Å². The second-order valence-corrected chi connectivity index (χ2v) is 6.39. The lowest BCUT2D eigenvalue weighted by Gasteiger charge is -2.23. The molecule has 0 aliphatic heterocycles. The molecule has 1 heterocycles. The van der Waals surface area contributed by atoms with Crippen molar-refractivity contribution in [2.75, 3.05) is 0 Å². The summed E-state index contributed by atoms with van der Waals surface area (Å²) in [5.74, 6) is 0.336. The molecular formula is C18H24N2O. The van der Waals surface area contributed by atoms with E-state index in [2.05, 4.69) is 49.3 Å². The number of rotatable bonds is 3. The lowest BCUT2D eigenvalue weighted by molar-refractivity contribution is -0.125. The molecule has 2 aromatic rings. The highest BCUT2D eigenvalue weighted by Gasteiger charge is 2.27. The number of nitrogens with one attached hydrogen (secondary N) is 2. The van der Waals surface area contributed by atoms with Gasteiger partial charge in [0, 0.05) is 28.6 Å². The Balaban J connectivity index is 1.86. The van der Waals surface area contributed by atoms with Gasteiger partial charge in [-0.1, -0.05) is 18.6 Å². The fourth-order valence-electron chi connectivity index (χ4n) is 3.22. The molecule has 0 saturated heterocycles. The first-order valence-electron chi connectivity index (χ1n) is 7.99. The minimum Gasteiger partial charge on any atom is -0.358 e. The predicted molar refractivity (Wildman–Crippen MR) is 86.4 cm³/mol. The van der Waals surface area contributed by atoms with Crippen molar-refractivity contribution >= 4 is 16.8 Å². The molecule has 1 aliphatic rings. The Morgan fingerprint density at radius 3 is 3.05 bits per heavy atom. The summed E-state index contributed by atoms with van der Waals surface area (Å²) in [6.45, 7) is 6.29. The van der Waals surface area contributed by atoms with Gasteiger partial charge in [-0.2, -0.15) is 0 Å². The van der Waals surface area contributed by atoms with Crippen LogP contribution < -0.4 is 5.32 Å². The average molecular weight is 284 g/mol. The summed E-state index contributed by atoms with van der Waals surface area (Å²) >= 11 is 0. The molecule has 1 amide bonds. The lowest BCUT2D eigenvalue weighted by atomic mass is 9.85. The van der Waals surface area contributed by atoms with E-state index in [-0.39, 0.29) is 17.9 Å². The largest absolute Gasteiger partial charge is 0.358 e. The van der Waals surface area contributed by atoms with Crippen LogP contribution in [0.3, 0.4) is 0 Å². The van der Waals surface area contributed by atoms with Crippen LogP contribution in [0.5, 0.6) is 0 Å². The van der Waals surface area contributed by atoms with Gasteiger partial charge in [-0.3, -0.25) is 4.79 Å². The number of amides is 1. The zero-order valence-electron chi connectivity index (χ0n) is 13.1. The second kappa shape index (κ2) is 5.55. The summed E-state index contributed by atoms with van der Waals surface area (Å²) in [6.07, 6.45) is 3.76. The molecule has 1 aromatic carbocycles. The van der Waals surface area contributed by atoms with Crippen LogP contribution in [0.1, 0.15) is 43.5 Å². The third kappa shape index (κ3) is 2.69. The molecule has 2 atom stereocenters. The Morgan fingerprint density at radius 2 is 2.29 bits per heavy atom. The molecule has 2 N–H and O–H groups in total. The van der Waals surface area contributed by atoms with E-state index in [1.54, 1.807) is 0 Å². The molecule has 0 bridgehead atoms. The topological polar surface area (TPSA) is 44.9 Å². The first-order valence-corrected chi connectivity index (χ1v) is 7.99. The molecule has 0 fully saturated rings. The van der Waals surface area contributed by atoms with E-state index in [9.17, 15) is 4.79 Å². The van der Waals surface area contributed by atoms with E-state index in [0.717, 1.165) is 25.7 Å². The zero-order chi connectivity index (χ0) is 15.0. The Labute approximate surface area is 126 Å². The van der Waals surface area contributed by atoms with Crippen LogP contribution in [0.4, 0.5) is 0 Å².